The Labute approximate surface area is 125 Å². The van der Waals surface area contributed by atoms with Gasteiger partial charge in [-0.25, -0.2) is 14.4 Å². The summed E-state index contributed by atoms with van der Waals surface area (Å²) in [6.45, 7) is 0. The maximum atomic E-state index is 11.4. The Balaban J connectivity index is 3.12. The van der Waals surface area contributed by atoms with Gasteiger partial charge in [0.15, 0.2) is 5.57 Å². The maximum absolute atomic E-state index is 11.4. The van der Waals surface area contributed by atoms with Gasteiger partial charge in [-0.2, -0.15) is 0 Å². The molecule has 0 aromatic heterocycles. The number of benzene rings is 1. The molecule has 2 N–H and O–H groups in total. The van der Waals surface area contributed by atoms with E-state index in [0.717, 1.165) is 20.4 Å². The lowest BCUT2D eigenvalue weighted by Crippen LogP contribution is -2.17. The zero-order chi connectivity index (χ0) is 16.0. The van der Waals surface area contributed by atoms with Gasteiger partial charge in [0.25, 0.3) is 0 Å². The lowest BCUT2D eigenvalue weighted by molar-refractivity contribution is -0.144. The number of ether oxygens (including phenoxy) is 2. The molecule has 1 rings (SSSR count). The van der Waals surface area contributed by atoms with Gasteiger partial charge < -0.3 is 19.9 Å². The molecular formula is C13H12ClNO6. The Bertz CT molecular complexity index is 593. The third-order valence-electron chi connectivity index (χ3n) is 2.41. The largest absolute Gasteiger partial charge is 0.478 e. The molecule has 112 valence electrons. The van der Waals surface area contributed by atoms with Crippen LogP contribution in [0.25, 0.3) is 0 Å². The van der Waals surface area contributed by atoms with Crippen molar-refractivity contribution in [3.63, 3.8) is 0 Å². The van der Waals surface area contributed by atoms with Crippen molar-refractivity contribution in [1.29, 1.82) is 0 Å². The van der Waals surface area contributed by atoms with E-state index in [9.17, 15) is 14.4 Å². The smallest absolute Gasteiger partial charge is 0.346 e. The average Bonchev–Trinajstić information content (AvgIpc) is 2.47. The number of carbonyl (C=O) groups excluding carboxylic acids is 2. The summed E-state index contributed by atoms with van der Waals surface area (Å²) in [4.78, 5) is 33.8. The van der Waals surface area contributed by atoms with Crippen LogP contribution in [0.15, 0.2) is 30.0 Å². The second kappa shape index (κ2) is 7.30. The van der Waals surface area contributed by atoms with Crippen LogP contribution in [-0.4, -0.2) is 37.2 Å². The summed E-state index contributed by atoms with van der Waals surface area (Å²) in [5.74, 6) is -3.01. The van der Waals surface area contributed by atoms with Gasteiger partial charge in [0.05, 0.1) is 30.5 Å². The molecule has 21 heavy (non-hydrogen) atoms. The van der Waals surface area contributed by atoms with Crippen LogP contribution >= 0.6 is 11.6 Å². The number of hydrogen-bond donors (Lipinski definition) is 2. The number of esters is 2. The molecule has 0 heterocycles. The Kier molecular flexibility index (Phi) is 5.74. The average molecular weight is 314 g/mol. The van der Waals surface area contributed by atoms with E-state index in [-0.39, 0.29) is 16.3 Å². The fraction of sp³-hybridized carbons (Fsp3) is 0.154. The second-order valence-corrected chi connectivity index (χ2v) is 4.04. The highest BCUT2D eigenvalue weighted by Crippen LogP contribution is 2.26. The van der Waals surface area contributed by atoms with Crippen LogP contribution in [0.5, 0.6) is 0 Å². The first-order valence-electron chi connectivity index (χ1n) is 5.57. The minimum absolute atomic E-state index is 0.0599. The highest BCUT2D eigenvalue weighted by molar-refractivity contribution is 6.36. The van der Waals surface area contributed by atoms with Crippen LogP contribution in [0, 0.1) is 0 Å². The standard InChI is InChI=1S/C13H12ClNO6/c1-20-12(18)8(13(19)21-2)6-15-9-5-3-4-7(10(9)14)11(16)17/h3-6,15H,1-2H3,(H,16,17). The molecule has 0 unspecified atom stereocenters. The zero-order valence-electron chi connectivity index (χ0n) is 11.2. The summed E-state index contributed by atoms with van der Waals surface area (Å²) >= 11 is 5.91. The van der Waals surface area contributed by atoms with Gasteiger partial charge in [0.1, 0.15) is 0 Å². The van der Waals surface area contributed by atoms with Crippen LogP contribution in [0.4, 0.5) is 5.69 Å². The quantitative estimate of drug-likeness (QED) is 0.369. The van der Waals surface area contributed by atoms with Gasteiger partial charge in [-0.1, -0.05) is 17.7 Å². The normalized spacial score (nSPS) is 9.48. The first-order chi connectivity index (χ1) is 9.92. The van der Waals surface area contributed by atoms with Crippen LogP contribution in [0.3, 0.4) is 0 Å². The number of halogens is 1. The first-order valence-corrected chi connectivity index (χ1v) is 5.95. The molecule has 0 aliphatic carbocycles. The fourth-order valence-corrected chi connectivity index (χ4v) is 1.64. The molecule has 0 atom stereocenters. The highest BCUT2D eigenvalue weighted by atomic mass is 35.5. The summed E-state index contributed by atoms with van der Waals surface area (Å²) in [6, 6.07) is 4.26. The van der Waals surface area contributed by atoms with Crippen molar-refractivity contribution in [2.75, 3.05) is 19.5 Å². The minimum Gasteiger partial charge on any atom is -0.478 e. The topological polar surface area (TPSA) is 102 Å². The number of nitrogens with one attached hydrogen (secondary N) is 1. The van der Waals surface area contributed by atoms with E-state index in [1.165, 1.54) is 18.2 Å². The molecule has 7 nitrogen and oxygen atoms in total. The minimum atomic E-state index is -1.20. The van der Waals surface area contributed by atoms with Gasteiger partial charge >= 0.3 is 17.9 Å². The fourth-order valence-electron chi connectivity index (χ4n) is 1.38. The third-order valence-corrected chi connectivity index (χ3v) is 2.82. The molecule has 1 aromatic carbocycles. The Morgan fingerprint density at radius 3 is 2.24 bits per heavy atom. The highest BCUT2D eigenvalue weighted by Gasteiger charge is 2.20. The van der Waals surface area contributed by atoms with Crippen molar-refractivity contribution < 1.29 is 29.0 Å². The summed E-state index contributed by atoms with van der Waals surface area (Å²) in [5, 5.41) is 11.5. The van der Waals surface area contributed by atoms with Gasteiger partial charge in [-0.3, -0.25) is 0 Å². The first kappa shape index (κ1) is 16.5. The number of carboxylic acids is 1. The summed E-state index contributed by atoms with van der Waals surface area (Å²) in [6.07, 6.45) is 1.03. The predicted octanol–water partition coefficient (Wildman–Crippen LogP) is 1.68. The molecule has 8 heteroatoms. The lowest BCUT2D eigenvalue weighted by atomic mass is 10.2. The zero-order valence-corrected chi connectivity index (χ0v) is 11.9. The second-order valence-electron chi connectivity index (χ2n) is 3.66. The Morgan fingerprint density at radius 2 is 1.76 bits per heavy atom. The number of methoxy groups -OCH3 is 2. The molecule has 0 bridgehead atoms. The number of hydrogen-bond acceptors (Lipinski definition) is 6. The van der Waals surface area contributed by atoms with Crippen molar-refractivity contribution in [1.82, 2.24) is 0 Å². The van der Waals surface area contributed by atoms with E-state index < -0.39 is 23.5 Å². The van der Waals surface area contributed by atoms with E-state index >= 15 is 0 Å². The summed E-state index contributed by atoms with van der Waals surface area (Å²) in [5.41, 5.74) is -0.300. The molecule has 0 aliphatic heterocycles. The van der Waals surface area contributed by atoms with Crippen LogP contribution in [-0.2, 0) is 19.1 Å². The van der Waals surface area contributed by atoms with Crippen molar-refractivity contribution in [2.45, 2.75) is 0 Å². The Morgan fingerprint density at radius 1 is 1.19 bits per heavy atom. The van der Waals surface area contributed by atoms with E-state index in [1.807, 2.05) is 0 Å². The summed E-state index contributed by atoms with van der Waals surface area (Å²) < 4.78 is 8.88. The molecule has 0 fully saturated rings. The molecule has 0 spiro atoms. The molecule has 0 aliphatic rings. The molecule has 1 aromatic rings. The number of aromatic carboxylic acids is 1. The lowest BCUT2D eigenvalue weighted by Gasteiger charge is -2.08. The molecule has 0 radical (unpaired) electrons. The molecular weight excluding hydrogens is 302 g/mol. The summed E-state index contributed by atoms with van der Waals surface area (Å²) in [7, 11) is 2.22. The Hall–Kier alpha value is -2.54. The van der Waals surface area contributed by atoms with Crippen molar-refractivity contribution in [3.05, 3.63) is 40.6 Å². The van der Waals surface area contributed by atoms with Crippen LogP contribution < -0.4 is 5.32 Å². The van der Waals surface area contributed by atoms with E-state index in [1.54, 1.807) is 0 Å². The number of carbonyl (C=O) groups is 3. The van der Waals surface area contributed by atoms with Crippen molar-refractivity contribution >= 4 is 35.2 Å². The van der Waals surface area contributed by atoms with Gasteiger partial charge in [0, 0.05) is 6.20 Å². The SMILES string of the molecule is COC(=O)C(=CNc1cccc(C(=O)O)c1Cl)C(=O)OC. The van der Waals surface area contributed by atoms with Crippen LogP contribution in [0.2, 0.25) is 5.02 Å². The van der Waals surface area contributed by atoms with E-state index in [2.05, 4.69) is 14.8 Å². The van der Waals surface area contributed by atoms with Gasteiger partial charge in [-0.05, 0) is 12.1 Å². The van der Waals surface area contributed by atoms with Gasteiger partial charge in [-0.15, -0.1) is 0 Å². The molecule has 0 saturated carbocycles. The molecule has 0 saturated heterocycles. The maximum Gasteiger partial charge on any atom is 0.346 e. The van der Waals surface area contributed by atoms with Crippen molar-refractivity contribution in [2.24, 2.45) is 0 Å². The van der Waals surface area contributed by atoms with Gasteiger partial charge in [0.2, 0.25) is 0 Å². The molecule has 0 amide bonds. The predicted molar refractivity (Wildman–Crippen MR) is 74.1 cm³/mol. The number of rotatable bonds is 5. The number of anilines is 1. The van der Waals surface area contributed by atoms with E-state index in [0.29, 0.717) is 0 Å². The number of carboxylic acid groups (broad SMARTS) is 1. The van der Waals surface area contributed by atoms with E-state index in [4.69, 9.17) is 16.7 Å². The monoisotopic (exact) mass is 313 g/mol. The third kappa shape index (κ3) is 3.96. The van der Waals surface area contributed by atoms with Crippen molar-refractivity contribution in [3.8, 4) is 0 Å². The van der Waals surface area contributed by atoms with Crippen LogP contribution in [0.1, 0.15) is 10.4 Å².